The molecule has 0 aromatic carbocycles. The lowest BCUT2D eigenvalue weighted by molar-refractivity contribution is 0.238. The lowest BCUT2D eigenvalue weighted by Gasteiger charge is -2.39. The molecule has 3 heteroatoms. The van der Waals surface area contributed by atoms with E-state index >= 15 is 0 Å². The number of hydrogen-bond acceptors (Lipinski definition) is 3. The molecule has 0 unspecified atom stereocenters. The Morgan fingerprint density at radius 2 is 2.18 bits per heavy atom. The van der Waals surface area contributed by atoms with Gasteiger partial charge < -0.3 is 4.90 Å². The van der Waals surface area contributed by atoms with Crippen LogP contribution in [0.3, 0.4) is 0 Å². The number of nitriles is 1. The number of nitrogens with zero attached hydrogens (tertiary/aromatic N) is 3. The van der Waals surface area contributed by atoms with Gasteiger partial charge in [0.1, 0.15) is 11.9 Å². The Morgan fingerprint density at radius 1 is 1.47 bits per heavy atom. The standard InChI is InChI=1S/C14H19N3/c1-3-14(2)6-9-17(10-7-14)13-12(11-15)5-4-8-16-13/h4-5,8H,3,6-7,9-10H2,1-2H3. The molecule has 0 amide bonds. The maximum atomic E-state index is 9.08. The van der Waals surface area contributed by atoms with Crippen LogP contribution < -0.4 is 4.90 Å². The van der Waals surface area contributed by atoms with Crippen LogP contribution in [0.2, 0.25) is 0 Å². The van der Waals surface area contributed by atoms with Gasteiger partial charge in [0.25, 0.3) is 0 Å². The van der Waals surface area contributed by atoms with Crippen molar-refractivity contribution >= 4 is 5.82 Å². The highest BCUT2D eigenvalue weighted by Gasteiger charge is 2.29. The van der Waals surface area contributed by atoms with Gasteiger partial charge in [-0.3, -0.25) is 0 Å². The zero-order valence-corrected chi connectivity index (χ0v) is 10.6. The highest BCUT2D eigenvalue weighted by atomic mass is 15.2. The van der Waals surface area contributed by atoms with E-state index in [4.69, 9.17) is 5.26 Å². The van der Waals surface area contributed by atoms with E-state index in [2.05, 4.69) is 29.8 Å². The molecule has 1 fully saturated rings. The number of hydrogen-bond donors (Lipinski definition) is 0. The second kappa shape index (κ2) is 4.75. The summed E-state index contributed by atoms with van der Waals surface area (Å²) in [5, 5.41) is 9.08. The minimum atomic E-state index is 0.470. The van der Waals surface area contributed by atoms with Gasteiger partial charge in [0.15, 0.2) is 0 Å². The van der Waals surface area contributed by atoms with E-state index in [0.29, 0.717) is 11.0 Å². The zero-order chi connectivity index (χ0) is 12.3. The SMILES string of the molecule is CCC1(C)CCN(c2ncccc2C#N)CC1. The summed E-state index contributed by atoms with van der Waals surface area (Å²) >= 11 is 0. The lowest BCUT2D eigenvalue weighted by atomic mass is 9.78. The maximum absolute atomic E-state index is 9.08. The van der Waals surface area contributed by atoms with E-state index in [1.807, 2.05) is 12.1 Å². The molecule has 3 nitrogen and oxygen atoms in total. The number of piperidine rings is 1. The van der Waals surface area contributed by atoms with E-state index in [0.717, 1.165) is 18.9 Å². The van der Waals surface area contributed by atoms with Crippen LogP contribution in [0.15, 0.2) is 18.3 Å². The minimum absolute atomic E-state index is 0.470. The van der Waals surface area contributed by atoms with Crippen molar-refractivity contribution in [2.75, 3.05) is 18.0 Å². The normalized spacial score (nSPS) is 18.8. The van der Waals surface area contributed by atoms with Crippen LogP contribution in [0.1, 0.15) is 38.7 Å². The molecule has 0 aliphatic carbocycles. The van der Waals surface area contributed by atoms with Crippen molar-refractivity contribution in [3.8, 4) is 6.07 Å². The van der Waals surface area contributed by atoms with Gasteiger partial charge >= 0.3 is 0 Å². The van der Waals surface area contributed by atoms with Crippen LogP contribution in [0, 0.1) is 16.7 Å². The molecule has 0 spiro atoms. The Hall–Kier alpha value is -1.56. The zero-order valence-electron chi connectivity index (χ0n) is 10.6. The first-order valence-corrected chi connectivity index (χ1v) is 6.28. The first-order chi connectivity index (χ1) is 8.18. The quantitative estimate of drug-likeness (QED) is 0.782. The Bertz CT molecular complexity index is 425. The molecule has 1 saturated heterocycles. The maximum Gasteiger partial charge on any atom is 0.146 e. The summed E-state index contributed by atoms with van der Waals surface area (Å²) in [6.45, 7) is 6.64. The van der Waals surface area contributed by atoms with Crippen LogP contribution in [0.5, 0.6) is 0 Å². The third kappa shape index (κ3) is 2.41. The van der Waals surface area contributed by atoms with Crippen LogP contribution in [-0.2, 0) is 0 Å². The van der Waals surface area contributed by atoms with Crippen molar-refractivity contribution in [3.05, 3.63) is 23.9 Å². The fourth-order valence-corrected chi connectivity index (χ4v) is 2.35. The summed E-state index contributed by atoms with van der Waals surface area (Å²) in [5.41, 5.74) is 1.16. The molecule has 2 heterocycles. The highest BCUT2D eigenvalue weighted by molar-refractivity contribution is 5.53. The van der Waals surface area contributed by atoms with Gasteiger partial charge in [0, 0.05) is 19.3 Å². The molecule has 1 aromatic heterocycles. The lowest BCUT2D eigenvalue weighted by Crippen LogP contribution is -2.39. The molecule has 0 radical (unpaired) electrons. The van der Waals surface area contributed by atoms with Crippen molar-refractivity contribution in [1.29, 1.82) is 5.26 Å². The van der Waals surface area contributed by atoms with Crippen molar-refractivity contribution in [3.63, 3.8) is 0 Å². The van der Waals surface area contributed by atoms with Gasteiger partial charge in [-0.2, -0.15) is 5.26 Å². The number of aromatic nitrogens is 1. The monoisotopic (exact) mass is 229 g/mol. The molecule has 1 aliphatic heterocycles. The van der Waals surface area contributed by atoms with Gasteiger partial charge in [0.05, 0.1) is 5.56 Å². The number of anilines is 1. The minimum Gasteiger partial charge on any atom is -0.355 e. The van der Waals surface area contributed by atoms with Gasteiger partial charge in [-0.25, -0.2) is 4.98 Å². The van der Waals surface area contributed by atoms with Crippen molar-refractivity contribution in [2.45, 2.75) is 33.1 Å². The molecule has 0 atom stereocenters. The Kier molecular flexibility index (Phi) is 3.33. The van der Waals surface area contributed by atoms with Crippen LogP contribution in [-0.4, -0.2) is 18.1 Å². The topological polar surface area (TPSA) is 39.9 Å². The number of pyridine rings is 1. The second-order valence-corrected chi connectivity index (χ2v) is 5.14. The summed E-state index contributed by atoms with van der Waals surface area (Å²) in [6, 6.07) is 5.89. The van der Waals surface area contributed by atoms with Crippen LogP contribution in [0.4, 0.5) is 5.82 Å². The Labute approximate surface area is 103 Å². The van der Waals surface area contributed by atoms with E-state index in [1.165, 1.54) is 19.3 Å². The van der Waals surface area contributed by atoms with E-state index in [9.17, 15) is 0 Å². The molecule has 17 heavy (non-hydrogen) atoms. The van der Waals surface area contributed by atoms with Crippen molar-refractivity contribution in [1.82, 2.24) is 4.98 Å². The second-order valence-electron chi connectivity index (χ2n) is 5.14. The summed E-state index contributed by atoms with van der Waals surface area (Å²) in [7, 11) is 0. The third-order valence-corrected chi connectivity index (χ3v) is 4.03. The molecule has 0 saturated carbocycles. The molecule has 0 N–H and O–H groups in total. The average Bonchev–Trinajstić information content (AvgIpc) is 2.40. The van der Waals surface area contributed by atoms with E-state index < -0.39 is 0 Å². The predicted octanol–water partition coefficient (Wildman–Crippen LogP) is 2.97. The molecule has 1 aliphatic rings. The molecule has 0 bridgehead atoms. The van der Waals surface area contributed by atoms with Crippen LogP contribution in [0.25, 0.3) is 0 Å². The Balaban J connectivity index is 2.14. The molecule has 2 rings (SSSR count). The third-order valence-electron chi connectivity index (χ3n) is 4.03. The van der Waals surface area contributed by atoms with Crippen LogP contribution >= 0.6 is 0 Å². The first-order valence-electron chi connectivity index (χ1n) is 6.28. The van der Waals surface area contributed by atoms with Crippen molar-refractivity contribution < 1.29 is 0 Å². The smallest absolute Gasteiger partial charge is 0.146 e. The largest absolute Gasteiger partial charge is 0.355 e. The van der Waals surface area contributed by atoms with Crippen molar-refractivity contribution in [2.24, 2.45) is 5.41 Å². The summed E-state index contributed by atoms with van der Waals surface area (Å²) in [5.74, 6) is 0.855. The highest BCUT2D eigenvalue weighted by Crippen LogP contribution is 2.35. The molecular formula is C14H19N3. The van der Waals surface area contributed by atoms with Gasteiger partial charge in [-0.1, -0.05) is 20.3 Å². The number of rotatable bonds is 2. The molecule has 1 aromatic rings. The fourth-order valence-electron chi connectivity index (χ4n) is 2.35. The summed E-state index contributed by atoms with van der Waals surface area (Å²) in [4.78, 5) is 6.60. The summed E-state index contributed by atoms with van der Waals surface area (Å²) < 4.78 is 0. The predicted molar refractivity (Wildman–Crippen MR) is 68.8 cm³/mol. The fraction of sp³-hybridized carbons (Fsp3) is 0.571. The Morgan fingerprint density at radius 3 is 2.76 bits per heavy atom. The van der Waals surface area contributed by atoms with Gasteiger partial charge in [0.2, 0.25) is 0 Å². The molecule has 90 valence electrons. The average molecular weight is 229 g/mol. The summed E-state index contributed by atoms with van der Waals surface area (Å²) in [6.07, 6.45) is 5.37. The molecular weight excluding hydrogens is 210 g/mol. The van der Waals surface area contributed by atoms with E-state index in [-0.39, 0.29) is 0 Å². The van der Waals surface area contributed by atoms with Gasteiger partial charge in [-0.05, 0) is 30.4 Å². The van der Waals surface area contributed by atoms with E-state index in [1.54, 1.807) is 6.20 Å². The van der Waals surface area contributed by atoms with Gasteiger partial charge in [-0.15, -0.1) is 0 Å². The first kappa shape index (κ1) is 11.9.